The molecule has 0 bridgehead atoms. The molecular formula is C29H30FNO4. The van der Waals surface area contributed by atoms with Crippen LogP contribution >= 0.6 is 0 Å². The van der Waals surface area contributed by atoms with Crippen molar-refractivity contribution in [1.82, 2.24) is 4.90 Å². The van der Waals surface area contributed by atoms with Crippen LogP contribution in [0.25, 0.3) is 0 Å². The molecule has 0 atom stereocenters. The number of rotatable bonds is 8. The molecule has 0 spiro atoms. The van der Waals surface area contributed by atoms with E-state index in [2.05, 4.69) is 0 Å². The zero-order valence-corrected chi connectivity index (χ0v) is 19.7. The number of nitrogens with zero attached hydrogens (tertiary/aromatic N) is 1. The first kappa shape index (κ1) is 23.2. The van der Waals surface area contributed by atoms with Crippen molar-refractivity contribution in [2.75, 3.05) is 13.2 Å². The molecular weight excluding hydrogens is 445 g/mol. The van der Waals surface area contributed by atoms with Gasteiger partial charge in [0.2, 0.25) is 0 Å². The summed E-state index contributed by atoms with van der Waals surface area (Å²) in [7, 11) is 0. The van der Waals surface area contributed by atoms with Crippen LogP contribution in [0.5, 0.6) is 17.2 Å². The summed E-state index contributed by atoms with van der Waals surface area (Å²) in [4.78, 5) is 14.8. The van der Waals surface area contributed by atoms with E-state index in [1.807, 2.05) is 42.5 Å². The summed E-state index contributed by atoms with van der Waals surface area (Å²) in [5.41, 5.74) is 1.83. The van der Waals surface area contributed by atoms with E-state index in [0.29, 0.717) is 37.3 Å². The molecule has 1 aliphatic heterocycles. The Bertz CT molecular complexity index is 1170. The topological polar surface area (TPSA) is 59.0 Å². The van der Waals surface area contributed by atoms with Gasteiger partial charge in [-0.15, -0.1) is 0 Å². The van der Waals surface area contributed by atoms with Gasteiger partial charge in [0, 0.05) is 19.2 Å². The predicted molar refractivity (Wildman–Crippen MR) is 131 cm³/mol. The molecule has 0 aromatic heterocycles. The minimum atomic E-state index is -0.557. The second kappa shape index (κ2) is 10.4. The van der Waals surface area contributed by atoms with Crippen molar-refractivity contribution in [1.29, 1.82) is 0 Å². The monoisotopic (exact) mass is 475 g/mol. The van der Waals surface area contributed by atoms with Crippen molar-refractivity contribution in [2.24, 2.45) is 11.8 Å². The van der Waals surface area contributed by atoms with Gasteiger partial charge in [-0.05, 0) is 66.8 Å². The molecule has 5 rings (SSSR count). The number of phenolic OH excluding ortho intramolecular Hbond substituents is 1. The summed E-state index contributed by atoms with van der Waals surface area (Å²) < 4.78 is 26.7. The van der Waals surface area contributed by atoms with E-state index in [1.54, 1.807) is 29.2 Å². The second-order valence-corrected chi connectivity index (χ2v) is 9.57. The minimum absolute atomic E-state index is 0.120. The van der Waals surface area contributed by atoms with Crippen LogP contribution in [0.4, 0.5) is 4.39 Å². The van der Waals surface area contributed by atoms with E-state index in [4.69, 9.17) is 9.47 Å². The van der Waals surface area contributed by atoms with Gasteiger partial charge in [-0.2, -0.15) is 0 Å². The standard InChI is InChI=1S/C29H30FNO4/c30-28-26(35-19-21-5-2-1-3-6-21)14-13-23-17-31(29(33)27(23)28)16-20-9-11-22(12-10-20)18-34-25-8-4-7-24(32)15-25/h1-8,13-15,20,22,32H,9-12,16-19H2/t20-,22-. The minimum Gasteiger partial charge on any atom is -0.508 e. The first-order valence-electron chi connectivity index (χ1n) is 12.3. The third-order valence-electron chi connectivity index (χ3n) is 7.04. The molecule has 1 amide bonds. The number of hydrogen-bond acceptors (Lipinski definition) is 4. The van der Waals surface area contributed by atoms with Crippen molar-refractivity contribution < 1.29 is 23.8 Å². The SMILES string of the molecule is O=C1c2c(ccc(OCc3ccccc3)c2F)CN1C[C@H]1CC[C@H](COc2cccc(O)c2)CC1. The molecule has 0 unspecified atom stereocenters. The zero-order valence-electron chi connectivity index (χ0n) is 19.7. The fourth-order valence-electron chi connectivity index (χ4n) is 5.07. The molecule has 35 heavy (non-hydrogen) atoms. The highest BCUT2D eigenvalue weighted by atomic mass is 19.1. The van der Waals surface area contributed by atoms with Gasteiger partial charge in [0.15, 0.2) is 11.6 Å². The lowest BCUT2D eigenvalue weighted by molar-refractivity contribution is 0.0717. The van der Waals surface area contributed by atoms with Crippen LogP contribution in [-0.2, 0) is 13.2 Å². The molecule has 0 radical (unpaired) electrons. The molecule has 182 valence electrons. The maximum Gasteiger partial charge on any atom is 0.257 e. The van der Waals surface area contributed by atoms with Crippen molar-refractivity contribution in [3.63, 3.8) is 0 Å². The molecule has 1 fully saturated rings. The highest BCUT2D eigenvalue weighted by Gasteiger charge is 2.34. The van der Waals surface area contributed by atoms with Gasteiger partial charge in [0.05, 0.1) is 12.2 Å². The number of carbonyl (C=O) groups is 1. The summed E-state index contributed by atoms with van der Waals surface area (Å²) in [5, 5.41) is 9.57. The molecule has 3 aromatic rings. The first-order chi connectivity index (χ1) is 17.1. The summed E-state index contributed by atoms with van der Waals surface area (Å²) >= 11 is 0. The lowest BCUT2D eigenvalue weighted by Crippen LogP contribution is -2.32. The average Bonchev–Trinajstić information content (AvgIpc) is 3.19. The smallest absolute Gasteiger partial charge is 0.257 e. The Labute approximate surface area is 205 Å². The number of hydrogen-bond donors (Lipinski definition) is 1. The number of benzene rings is 3. The highest BCUT2D eigenvalue weighted by Crippen LogP contribution is 2.35. The molecule has 1 heterocycles. The van der Waals surface area contributed by atoms with Crippen LogP contribution in [0.1, 0.15) is 47.2 Å². The number of amides is 1. The van der Waals surface area contributed by atoms with E-state index in [-0.39, 0.29) is 29.6 Å². The molecule has 1 N–H and O–H groups in total. The number of halogens is 1. The fraction of sp³-hybridized carbons (Fsp3) is 0.345. The van der Waals surface area contributed by atoms with Crippen molar-refractivity contribution in [3.05, 3.63) is 89.2 Å². The normalized spacial score (nSPS) is 19.5. The van der Waals surface area contributed by atoms with Gasteiger partial charge >= 0.3 is 0 Å². The summed E-state index contributed by atoms with van der Waals surface area (Å²) in [6, 6.07) is 19.9. The van der Waals surface area contributed by atoms with Gasteiger partial charge in [0.1, 0.15) is 18.1 Å². The Hall–Kier alpha value is -3.54. The second-order valence-electron chi connectivity index (χ2n) is 9.57. The number of aromatic hydroxyl groups is 1. The Kier molecular flexibility index (Phi) is 6.89. The number of fused-ring (bicyclic) bond motifs is 1. The molecule has 0 saturated heterocycles. The van der Waals surface area contributed by atoms with Crippen LogP contribution in [0.15, 0.2) is 66.7 Å². The van der Waals surface area contributed by atoms with E-state index in [9.17, 15) is 9.90 Å². The quantitative estimate of drug-likeness (QED) is 0.437. The molecule has 2 aliphatic rings. The molecule has 3 aromatic carbocycles. The maximum atomic E-state index is 15.2. The third-order valence-corrected chi connectivity index (χ3v) is 7.04. The molecule has 5 nitrogen and oxygen atoms in total. The Balaban J connectivity index is 1.13. The molecule has 1 aliphatic carbocycles. The van der Waals surface area contributed by atoms with Crippen LogP contribution in [0.2, 0.25) is 0 Å². The van der Waals surface area contributed by atoms with Crippen LogP contribution in [0.3, 0.4) is 0 Å². The van der Waals surface area contributed by atoms with E-state index in [1.165, 1.54) is 0 Å². The van der Waals surface area contributed by atoms with Gasteiger partial charge in [-0.1, -0.05) is 42.5 Å². The molecule has 6 heteroatoms. The van der Waals surface area contributed by atoms with E-state index >= 15 is 4.39 Å². The van der Waals surface area contributed by atoms with Gasteiger partial charge in [0.25, 0.3) is 5.91 Å². The zero-order chi connectivity index (χ0) is 24.2. The highest BCUT2D eigenvalue weighted by molar-refractivity contribution is 5.99. The van der Waals surface area contributed by atoms with Crippen LogP contribution < -0.4 is 9.47 Å². The Morgan fingerprint density at radius 3 is 2.46 bits per heavy atom. The number of carbonyl (C=O) groups excluding carboxylic acids is 1. The van der Waals surface area contributed by atoms with Crippen LogP contribution in [0, 0.1) is 17.7 Å². The lowest BCUT2D eigenvalue weighted by atomic mass is 9.82. The Morgan fingerprint density at radius 2 is 1.69 bits per heavy atom. The van der Waals surface area contributed by atoms with Crippen molar-refractivity contribution in [3.8, 4) is 17.2 Å². The van der Waals surface area contributed by atoms with Gasteiger partial charge < -0.3 is 19.5 Å². The van der Waals surface area contributed by atoms with E-state index in [0.717, 1.165) is 36.8 Å². The maximum absolute atomic E-state index is 15.2. The van der Waals surface area contributed by atoms with Crippen molar-refractivity contribution in [2.45, 2.75) is 38.8 Å². The first-order valence-corrected chi connectivity index (χ1v) is 12.3. The van der Waals surface area contributed by atoms with E-state index < -0.39 is 5.82 Å². The lowest BCUT2D eigenvalue weighted by Gasteiger charge is -2.31. The van der Waals surface area contributed by atoms with Gasteiger partial charge in [-0.3, -0.25) is 4.79 Å². The predicted octanol–water partition coefficient (Wildman–Crippen LogP) is 5.95. The molecule has 1 saturated carbocycles. The van der Waals surface area contributed by atoms with Crippen LogP contribution in [-0.4, -0.2) is 29.1 Å². The summed E-state index contributed by atoms with van der Waals surface area (Å²) in [5.74, 6) is 1.07. The average molecular weight is 476 g/mol. The third kappa shape index (κ3) is 5.42. The van der Waals surface area contributed by atoms with Crippen molar-refractivity contribution >= 4 is 5.91 Å². The number of phenols is 1. The Morgan fingerprint density at radius 1 is 0.914 bits per heavy atom. The summed E-state index contributed by atoms with van der Waals surface area (Å²) in [6.07, 6.45) is 4.10. The largest absolute Gasteiger partial charge is 0.508 e. The summed E-state index contributed by atoms with van der Waals surface area (Å²) in [6.45, 7) is 1.98. The fourth-order valence-corrected chi connectivity index (χ4v) is 5.07. The number of ether oxygens (including phenoxy) is 2. The van der Waals surface area contributed by atoms with Gasteiger partial charge in [-0.25, -0.2) is 4.39 Å².